The molecule has 238 valence electrons. The Morgan fingerprint density at radius 1 is 0.977 bits per heavy atom. The monoisotopic (exact) mass is 633 g/mol. The Bertz CT molecular complexity index is 1370. The summed E-state index contributed by atoms with van der Waals surface area (Å²) >= 11 is 6.09. The number of nitrogens with zero attached hydrogens (tertiary/aromatic N) is 3. The molecule has 0 aliphatic carbocycles. The maximum atomic E-state index is 14.0. The van der Waals surface area contributed by atoms with Crippen molar-refractivity contribution in [1.82, 2.24) is 9.47 Å². The van der Waals surface area contributed by atoms with Crippen LogP contribution in [0.1, 0.15) is 88.2 Å². The van der Waals surface area contributed by atoms with Crippen molar-refractivity contribution in [3.05, 3.63) is 59.2 Å². The minimum Gasteiger partial charge on any atom is -0.381 e. The molecule has 43 heavy (non-hydrogen) atoms. The van der Waals surface area contributed by atoms with Crippen LogP contribution in [-0.4, -0.2) is 61.8 Å². The summed E-state index contributed by atoms with van der Waals surface area (Å²) in [5.74, 6) is 0.842. The summed E-state index contributed by atoms with van der Waals surface area (Å²) in [5, 5.41) is 0. The lowest BCUT2D eigenvalue weighted by Gasteiger charge is -2.28. The van der Waals surface area contributed by atoms with E-state index in [1.807, 2.05) is 11.8 Å². The van der Waals surface area contributed by atoms with Crippen LogP contribution >= 0.6 is 11.6 Å². The molecule has 2 heterocycles. The third-order valence-corrected chi connectivity index (χ3v) is 9.44. The van der Waals surface area contributed by atoms with Crippen LogP contribution in [0.25, 0.3) is 0 Å². The maximum Gasteiger partial charge on any atom is 0.284 e. The number of aromatic nitrogens is 1. The minimum absolute atomic E-state index is 0.0105. The van der Waals surface area contributed by atoms with Crippen molar-refractivity contribution in [3.8, 4) is 0 Å². The zero-order chi connectivity index (χ0) is 31.6. The van der Waals surface area contributed by atoms with Crippen LogP contribution in [0.5, 0.6) is 0 Å². The molecule has 1 aliphatic heterocycles. The second-order valence-corrected chi connectivity index (χ2v) is 14.3. The molecular formula is C33H48ClN3O5S. The van der Waals surface area contributed by atoms with Gasteiger partial charge in [0.1, 0.15) is 5.49 Å². The van der Waals surface area contributed by atoms with Crippen molar-refractivity contribution in [2.24, 2.45) is 22.2 Å². The molecule has 1 atom stereocenters. The fraction of sp³-hybridized carbons (Fsp3) is 0.606. The summed E-state index contributed by atoms with van der Waals surface area (Å²) < 4.78 is 38.1. The van der Waals surface area contributed by atoms with Crippen LogP contribution in [0.3, 0.4) is 0 Å². The van der Waals surface area contributed by atoms with E-state index in [9.17, 15) is 18.0 Å². The van der Waals surface area contributed by atoms with Gasteiger partial charge in [-0.15, -0.1) is 16.0 Å². The number of aryl methyl sites for hydroxylation is 1. The quantitative estimate of drug-likeness (QED) is 0.218. The molecule has 0 saturated carbocycles. The van der Waals surface area contributed by atoms with Gasteiger partial charge in [-0.1, -0.05) is 45.4 Å². The average Bonchev–Trinajstić information content (AvgIpc) is 2.98. The first-order chi connectivity index (χ1) is 20.4. The van der Waals surface area contributed by atoms with Gasteiger partial charge in [0.05, 0.1) is 16.5 Å². The number of Topliss-reactive ketones (excluding diaryl/α,β-unsaturated/α-hetero) is 1. The van der Waals surface area contributed by atoms with Gasteiger partial charge in [0, 0.05) is 44.3 Å². The Morgan fingerprint density at radius 3 is 2.14 bits per heavy atom. The summed E-state index contributed by atoms with van der Waals surface area (Å²) in [5.41, 5.74) is 1.43. The molecule has 1 fully saturated rings. The molecule has 1 amide bonds. The fourth-order valence-electron chi connectivity index (χ4n) is 5.12. The summed E-state index contributed by atoms with van der Waals surface area (Å²) in [7, 11) is -4.09. The van der Waals surface area contributed by atoms with E-state index < -0.39 is 16.1 Å². The lowest BCUT2D eigenvalue weighted by molar-refractivity contribution is -0.129. The molecule has 3 rings (SSSR count). The fourth-order valence-corrected chi connectivity index (χ4v) is 6.26. The number of ketones is 1. The number of halogens is 1. The van der Waals surface area contributed by atoms with Crippen LogP contribution in [0.4, 0.5) is 0 Å². The summed E-state index contributed by atoms with van der Waals surface area (Å²) in [6.45, 7) is 12.7. The summed E-state index contributed by atoms with van der Waals surface area (Å²) in [4.78, 5) is 29.8. The van der Waals surface area contributed by atoms with Crippen molar-refractivity contribution in [1.29, 1.82) is 0 Å². The van der Waals surface area contributed by atoms with Crippen LogP contribution in [-0.2, 0) is 19.6 Å². The van der Waals surface area contributed by atoms with E-state index in [-0.39, 0.29) is 28.0 Å². The first-order valence-corrected chi connectivity index (χ1v) is 17.5. The molecule has 1 aromatic heterocycles. The number of hydrogen-bond acceptors (Lipinski definition) is 5. The van der Waals surface area contributed by atoms with Crippen molar-refractivity contribution >= 4 is 33.3 Å². The van der Waals surface area contributed by atoms with Gasteiger partial charge >= 0.3 is 0 Å². The van der Waals surface area contributed by atoms with E-state index in [1.165, 1.54) is 12.1 Å². The molecule has 1 aliphatic rings. The van der Waals surface area contributed by atoms with Crippen LogP contribution < -0.4 is 5.49 Å². The van der Waals surface area contributed by atoms with Crippen LogP contribution in [0, 0.1) is 24.7 Å². The van der Waals surface area contributed by atoms with Gasteiger partial charge in [-0.05, 0) is 81.5 Å². The van der Waals surface area contributed by atoms with Crippen LogP contribution in [0.2, 0.25) is 0 Å². The maximum absolute atomic E-state index is 14.0. The molecule has 0 bridgehead atoms. The van der Waals surface area contributed by atoms with Gasteiger partial charge in [-0.3, -0.25) is 9.59 Å². The Kier molecular flexibility index (Phi) is 13.5. The van der Waals surface area contributed by atoms with Gasteiger partial charge in [0.2, 0.25) is 0 Å². The third-order valence-electron chi connectivity index (χ3n) is 7.87. The SMILES string of the molecule is Cc1ccc(S(=O)(=O)N=c2ccc(C(=O)N(CCC(C)C)CCC(C)C)cn2C(CCCCl)C(=O)C2CCOCC2)cc1. The van der Waals surface area contributed by atoms with E-state index in [4.69, 9.17) is 16.3 Å². The molecule has 2 aromatic rings. The predicted molar refractivity (Wildman–Crippen MR) is 171 cm³/mol. The number of pyridine rings is 1. The first-order valence-electron chi connectivity index (χ1n) is 15.5. The molecule has 1 saturated heterocycles. The van der Waals surface area contributed by atoms with E-state index in [1.54, 1.807) is 35.0 Å². The first kappa shape index (κ1) is 35.0. The number of rotatable bonds is 15. The second-order valence-electron chi connectivity index (χ2n) is 12.4. The smallest absolute Gasteiger partial charge is 0.284 e. The highest BCUT2D eigenvalue weighted by Crippen LogP contribution is 2.26. The van der Waals surface area contributed by atoms with Gasteiger partial charge in [-0.2, -0.15) is 8.42 Å². The lowest BCUT2D eigenvalue weighted by Crippen LogP contribution is -2.38. The van der Waals surface area contributed by atoms with E-state index >= 15 is 0 Å². The largest absolute Gasteiger partial charge is 0.381 e. The van der Waals surface area contributed by atoms with E-state index in [0.717, 1.165) is 18.4 Å². The zero-order valence-corrected chi connectivity index (χ0v) is 27.9. The number of alkyl halides is 1. The molecule has 0 radical (unpaired) electrons. The van der Waals surface area contributed by atoms with E-state index in [0.29, 0.717) is 75.3 Å². The van der Waals surface area contributed by atoms with Gasteiger partial charge < -0.3 is 14.2 Å². The number of benzene rings is 1. The zero-order valence-electron chi connectivity index (χ0n) is 26.3. The Morgan fingerprint density at radius 2 is 1.58 bits per heavy atom. The molecule has 1 unspecified atom stereocenters. The number of carbonyl (C=O) groups excluding carboxylic acids is 2. The second kappa shape index (κ2) is 16.5. The van der Waals surface area contributed by atoms with Gasteiger partial charge in [-0.25, -0.2) is 0 Å². The predicted octanol–water partition coefficient (Wildman–Crippen LogP) is 6.18. The molecular weight excluding hydrogens is 586 g/mol. The minimum atomic E-state index is -4.09. The molecule has 8 nitrogen and oxygen atoms in total. The highest BCUT2D eigenvalue weighted by atomic mass is 35.5. The van der Waals surface area contributed by atoms with Crippen molar-refractivity contribution in [3.63, 3.8) is 0 Å². The Balaban J connectivity index is 2.16. The van der Waals surface area contributed by atoms with Gasteiger partial charge in [0.25, 0.3) is 15.9 Å². The Hall–Kier alpha value is -2.49. The number of hydrogen-bond donors (Lipinski definition) is 0. The molecule has 0 spiro atoms. The number of amides is 1. The third kappa shape index (κ3) is 10.3. The molecule has 1 aromatic carbocycles. The Labute approximate surface area is 262 Å². The number of ether oxygens (including phenoxy) is 1. The summed E-state index contributed by atoms with van der Waals surface area (Å²) in [6.07, 6.45) is 5.51. The topological polar surface area (TPSA) is 98.0 Å². The van der Waals surface area contributed by atoms with E-state index in [2.05, 4.69) is 32.1 Å². The van der Waals surface area contributed by atoms with Crippen LogP contribution in [0.15, 0.2) is 51.9 Å². The number of carbonyl (C=O) groups is 2. The standard InChI is InChI=1S/C33H48ClN3O5S/c1-24(2)14-19-36(20-15-25(3)4)33(39)28-10-13-31(35-43(40,41)29-11-8-26(5)9-12-29)37(23-28)30(7-6-18-34)32(38)27-16-21-42-22-17-27/h8-13,23-25,27,30H,6-7,14-22H2,1-5H3. The van der Waals surface area contributed by atoms with Crippen molar-refractivity contribution in [2.75, 3.05) is 32.2 Å². The lowest BCUT2D eigenvalue weighted by atomic mass is 9.89. The number of sulfonamides is 1. The molecule has 10 heteroatoms. The normalized spacial score (nSPS) is 15.7. The summed E-state index contributed by atoms with van der Waals surface area (Å²) in [6, 6.07) is 8.94. The molecule has 0 N–H and O–H groups in total. The van der Waals surface area contributed by atoms with Crippen molar-refractivity contribution in [2.45, 2.75) is 84.1 Å². The van der Waals surface area contributed by atoms with Crippen molar-refractivity contribution < 1.29 is 22.7 Å². The average molecular weight is 634 g/mol. The van der Waals surface area contributed by atoms with Gasteiger partial charge in [0.15, 0.2) is 5.78 Å². The highest BCUT2D eigenvalue weighted by Gasteiger charge is 2.31. The highest BCUT2D eigenvalue weighted by molar-refractivity contribution is 7.90.